The highest BCUT2D eigenvalue weighted by Gasteiger charge is 2.30. The number of carboxylic acid groups (broad SMARTS) is 1. The first kappa shape index (κ1) is 24.2. The lowest BCUT2D eigenvalue weighted by molar-refractivity contribution is 0.0694. The molecule has 1 N–H and O–H groups in total. The molecule has 2 heterocycles. The number of piperazine rings is 1. The number of ketones is 1. The summed E-state index contributed by atoms with van der Waals surface area (Å²) in [6, 6.07) is 10.9. The first-order valence-electron chi connectivity index (χ1n) is 12.5. The van der Waals surface area contributed by atoms with Crippen molar-refractivity contribution in [2.24, 2.45) is 0 Å². The Hall–Kier alpha value is -3.52. The molecule has 3 aromatic rings. The minimum absolute atomic E-state index is 0.0497. The summed E-state index contributed by atoms with van der Waals surface area (Å²) < 4.78 is 17.1. The lowest BCUT2D eigenvalue weighted by Crippen LogP contribution is -2.48. The van der Waals surface area contributed by atoms with Crippen molar-refractivity contribution in [2.45, 2.75) is 45.2 Å². The molecule has 8 heteroatoms. The van der Waals surface area contributed by atoms with Gasteiger partial charge in [0.15, 0.2) is 5.78 Å². The zero-order valence-corrected chi connectivity index (χ0v) is 20.5. The monoisotopic (exact) mass is 491 g/mol. The summed E-state index contributed by atoms with van der Waals surface area (Å²) in [5.41, 5.74) is 1.79. The summed E-state index contributed by atoms with van der Waals surface area (Å²) in [6.45, 7) is 6.31. The smallest absolute Gasteiger partial charge is 0.341 e. The van der Waals surface area contributed by atoms with E-state index in [9.17, 15) is 19.5 Å². The van der Waals surface area contributed by atoms with E-state index in [1.807, 2.05) is 33.7 Å². The van der Waals surface area contributed by atoms with Gasteiger partial charge in [0.25, 0.3) is 0 Å². The number of pyridine rings is 1. The number of benzene rings is 2. The van der Waals surface area contributed by atoms with Crippen molar-refractivity contribution in [1.29, 1.82) is 0 Å². The molecular formula is C28H30FN3O4. The summed E-state index contributed by atoms with van der Waals surface area (Å²) >= 11 is 0. The minimum atomic E-state index is -1.30. The van der Waals surface area contributed by atoms with Crippen LogP contribution < -0.4 is 10.3 Å². The van der Waals surface area contributed by atoms with E-state index < -0.39 is 17.2 Å². The normalized spacial score (nSPS) is 17.4. The fourth-order valence-corrected chi connectivity index (χ4v) is 5.47. The van der Waals surface area contributed by atoms with Crippen LogP contribution in [0.3, 0.4) is 0 Å². The maximum absolute atomic E-state index is 15.3. The van der Waals surface area contributed by atoms with Crippen LogP contribution in [0.2, 0.25) is 0 Å². The SMILES string of the molecule is CCC(c1ccccc1C(C)=O)N1CCN(c2cc3c(cc2F)c(=O)c(C(=O)O)cn3C2CC2)CC1. The van der Waals surface area contributed by atoms with Gasteiger partial charge in [-0.05, 0) is 43.9 Å². The number of carbonyl (C=O) groups is 2. The summed E-state index contributed by atoms with van der Waals surface area (Å²) in [6.07, 6.45) is 4.07. The first-order valence-corrected chi connectivity index (χ1v) is 12.5. The topological polar surface area (TPSA) is 82.8 Å². The van der Waals surface area contributed by atoms with Crippen molar-refractivity contribution in [1.82, 2.24) is 9.47 Å². The molecule has 188 valence electrons. The molecule has 0 amide bonds. The van der Waals surface area contributed by atoms with Crippen molar-refractivity contribution < 1.29 is 19.1 Å². The number of rotatable bonds is 7. The summed E-state index contributed by atoms with van der Waals surface area (Å²) in [4.78, 5) is 40.9. The Balaban J connectivity index is 1.44. The second-order valence-corrected chi connectivity index (χ2v) is 9.73. The molecule has 0 spiro atoms. The van der Waals surface area contributed by atoms with Gasteiger partial charge in [0.1, 0.15) is 11.4 Å². The van der Waals surface area contributed by atoms with Crippen molar-refractivity contribution in [3.63, 3.8) is 0 Å². The highest BCUT2D eigenvalue weighted by atomic mass is 19.1. The largest absolute Gasteiger partial charge is 0.477 e. The third-order valence-electron chi connectivity index (χ3n) is 7.45. The zero-order valence-electron chi connectivity index (χ0n) is 20.5. The van der Waals surface area contributed by atoms with Gasteiger partial charge in [-0.2, -0.15) is 0 Å². The average Bonchev–Trinajstić information content (AvgIpc) is 3.71. The van der Waals surface area contributed by atoms with Gasteiger partial charge in [-0.3, -0.25) is 14.5 Å². The van der Waals surface area contributed by atoms with Crippen molar-refractivity contribution >= 4 is 28.3 Å². The van der Waals surface area contributed by atoms with Crippen LogP contribution in [0.15, 0.2) is 47.4 Å². The van der Waals surface area contributed by atoms with Crippen LogP contribution in [0, 0.1) is 5.82 Å². The van der Waals surface area contributed by atoms with E-state index in [0.717, 1.165) is 30.4 Å². The molecule has 1 unspecified atom stereocenters. The van der Waals surface area contributed by atoms with Crippen molar-refractivity contribution in [3.8, 4) is 0 Å². The van der Waals surface area contributed by atoms with Crippen LogP contribution in [0.5, 0.6) is 0 Å². The highest BCUT2D eigenvalue weighted by molar-refractivity contribution is 5.96. The first-order chi connectivity index (χ1) is 17.3. The number of halogens is 1. The molecule has 2 aliphatic rings. The summed E-state index contributed by atoms with van der Waals surface area (Å²) in [5, 5.41) is 9.57. The number of fused-ring (bicyclic) bond motifs is 1. The Morgan fingerprint density at radius 1 is 1.08 bits per heavy atom. The van der Waals surface area contributed by atoms with E-state index in [4.69, 9.17) is 0 Å². The summed E-state index contributed by atoms with van der Waals surface area (Å²) in [7, 11) is 0. The predicted octanol–water partition coefficient (Wildman–Crippen LogP) is 4.65. The second-order valence-electron chi connectivity index (χ2n) is 9.73. The second kappa shape index (κ2) is 9.50. The Labute approximate surface area is 208 Å². The molecule has 7 nitrogen and oxygen atoms in total. The van der Waals surface area contributed by atoms with E-state index >= 15 is 4.39 Å². The average molecular weight is 492 g/mol. The number of Topliss-reactive ketones (excluding diaryl/α,β-unsaturated/α-hetero) is 1. The lowest BCUT2D eigenvalue weighted by Gasteiger charge is -2.40. The maximum atomic E-state index is 15.3. The van der Waals surface area contributed by atoms with E-state index in [0.29, 0.717) is 37.4 Å². The summed E-state index contributed by atoms with van der Waals surface area (Å²) in [5.74, 6) is -1.77. The maximum Gasteiger partial charge on any atom is 0.341 e. The molecule has 36 heavy (non-hydrogen) atoms. The molecule has 1 atom stereocenters. The molecule has 0 radical (unpaired) electrons. The van der Waals surface area contributed by atoms with E-state index in [1.54, 1.807) is 13.0 Å². The molecule has 1 aliphatic carbocycles. The van der Waals surface area contributed by atoms with Gasteiger partial charge in [0.05, 0.1) is 11.2 Å². The Kier molecular flexibility index (Phi) is 6.38. The molecule has 1 saturated heterocycles. The number of carbonyl (C=O) groups excluding carboxylic acids is 1. The highest BCUT2D eigenvalue weighted by Crippen LogP contribution is 2.38. The predicted molar refractivity (Wildman–Crippen MR) is 137 cm³/mol. The third-order valence-corrected chi connectivity index (χ3v) is 7.45. The van der Waals surface area contributed by atoms with Crippen LogP contribution >= 0.6 is 0 Å². The van der Waals surface area contributed by atoms with Gasteiger partial charge in [-0.15, -0.1) is 0 Å². The Bertz CT molecular complexity index is 1400. The van der Waals surface area contributed by atoms with Gasteiger partial charge in [-0.25, -0.2) is 9.18 Å². The number of hydrogen-bond acceptors (Lipinski definition) is 5. The standard InChI is InChI=1S/C28H30FN3O4/c1-3-24(20-7-5-4-6-19(20)17(2)33)30-10-12-31(13-11-30)26-15-25-21(14-23(26)29)27(34)22(28(35)36)16-32(25)18-8-9-18/h4-7,14-16,18,24H,3,8-13H2,1-2H3,(H,35,36). The fraction of sp³-hybridized carbons (Fsp3) is 0.393. The van der Waals surface area contributed by atoms with Crippen molar-refractivity contribution in [3.05, 3.63) is 75.3 Å². The number of carboxylic acids is 1. The molecule has 5 rings (SSSR count). The van der Waals surface area contributed by atoms with E-state index in [2.05, 4.69) is 11.8 Å². The number of aromatic carboxylic acids is 1. The lowest BCUT2D eigenvalue weighted by atomic mass is 9.94. The number of aromatic nitrogens is 1. The van der Waals surface area contributed by atoms with Gasteiger partial charge in [0, 0.05) is 55.4 Å². The molecule has 2 fully saturated rings. The van der Waals surface area contributed by atoms with Gasteiger partial charge < -0.3 is 14.6 Å². The number of nitrogens with zero attached hydrogens (tertiary/aromatic N) is 3. The minimum Gasteiger partial charge on any atom is -0.477 e. The van der Waals surface area contributed by atoms with E-state index in [1.165, 1.54) is 12.3 Å². The van der Waals surface area contributed by atoms with Crippen LogP contribution in [-0.2, 0) is 0 Å². The molecule has 1 saturated carbocycles. The fourth-order valence-electron chi connectivity index (χ4n) is 5.47. The molecule has 0 bridgehead atoms. The molecule has 1 aliphatic heterocycles. The molecular weight excluding hydrogens is 461 g/mol. The van der Waals surface area contributed by atoms with Gasteiger partial charge >= 0.3 is 5.97 Å². The van der Waals surface area contributed by atoms with Gasteiger partial charge in [0.2, 0.25) is 5.43 Å². The Morgan fingerprint density at radius 3 is 2.39 bits per heavy atom. The number of hydrogen-bond donors (Lipinski definition) is 1. The van der Waals surface area contributed by atoms with Crippen LogP contribution in [0.1, 0.15) is 71.5 Å². The van der Waals surface area contributed by atoms with Crippen LogP contribution in [-0.4, -0.2) is 52.5 Å². The molecule has 1 aromatic heterocycles. The van der Waals surface area contributed by atoms with Crippen molar-refractivity contribution in [2.75, 3.05) is 31.1 Å². The van der Waals surface area contributed by atoms with Crippen LogP contribution in [0.4, 0.5) is 10.1 Å². The zero-order chi connectivity index (χ0) is 25.6. The third kappa shape index (κ3) is 4.30. The quantitative estimate of drug-likeness (QED) is 0.485. The Morgan fingerprint density at radius 2 is 1.78 bits per heavy atom. The molecule has 2 aromatic carbocycles. The number of anilines is 1. The van der Waals surface area contributed by atoms with Crippen LogP contribution in [0.25, 0.3) is 10.9 Å². The van der Waals surface area contributed by atoms with Gasteiger partial charge in [-0.1, -0.05) is 31.2 Å². The van der Waals surface area contributed by atoms with E-state index in [-0.39, 0.29) is 28.8 Å².